The van der Waals surface area contributed by atoms with Crippen LogP contribution in [0.25, 0.3) is 5.76 Å². The minimum Gasteiger partial charge on any atom is -0.375 e. The number of rotatable bonds is 6. The second kappa shape index (κ2) is 8.74. The Labute approximate surface area is 168 Å². The molecule has 28 heavy (non-hydrogen) atoms. The average Bonchev–Trinajstić information content (AvgIpc) is 2.61. The summed E-state index contributed by atoms with van der Waals surface area (Å²) in [6.07, 6.45) is 3.22. The Morgan fingerprint density at radius 3 is 2.07 bits per heavy atom. The largest absolute Gasteiger partial charge is 0.534 e. The molecular formula is C19H14BrF3O4S. The lowest BCUT2D eigenvalue weighted by atomic mass is 10.1. The van der Waals surface area contributed by atoms with E-state index in [4.69, 9.17) is 0 Å². The van der Waals surface area contributed by atoms with E-state index in [0.29, 0.717) is 5.56 Å². The highest BCUT2D eigenvalue weighted by molar-refractivity contribution is 9.10. The van der Waals surface area contributed by atoms with Crippen LogP contribution >= 0.6 is 15.9 Å². The second-order valence-electron chi connectivity index (χ2n) is 5.61. The van der Waals surface area contributed by atoms with Crippen LogP contribution in [0, 0.1) is 6.92 Å². The molecule has 0 aromatic heterocycles. The van der Waals surface area contributed by atoms with Crippen molar-refractivity contribution in [3.63, 3.8) is 0 Å². The summed E-state index contributed by atoms with van der Waals surface area (Å²) >= 11 is 3.24. The summed E-state index contributed by atoms with van der Waals surface area (Å²) in [5.74, 6) is -0.970. The first kappa shape index (κ1) is 21.9. The zero-order valence-electron chi connectivity index (χ0n) is 14.4. The first-order valence-corrected chi connectivity index (χ1v) is 9.96. The highest BCUT2D eigenvalue weighted by Gasteiger charge is 2.48. The Bertz CT molecular complexity index is 1010. The van der Waals surface area contributed by atoms with Crippen molar-refractivity contribution < 1.29 is 30.6 Å². The number of alkyl halides is 3. The van der Waals surface area contributed by atoms with Crippen LogP contribution in [-0.4, -0.2) is 19.7 Å². The molecule has 2 aromatic rings. The molecule has 0 heterocycles. The molecule has 0 N–H and O–H groups in total. The Kier molecular flexibility index (Phi) is 6.84. The molecule has 0 fully saturated rings. The Morgan fingerprint density at radius 1 is 1.00 bits per heavy atom. The van der Waals surface area contributed by atoms with Crippen LogP contribution in [0.1, 0.15) is 21.5 Å². The number of ketones is 1. The molecule has 0 saturated heterocycles. The second-order valence-corrected chi connectivity index (χ2v) is 8.06. The molecule has 0 atom stereocenters. The van der Waals surface area contributed by atoms with Crippen LogP contribution in [-0.2, 0) is 14.3 Å². The molecule has 148 valence electrons. The van der Waals surface area contributed by atoms with Gasteiger partial charge < -0.3 is 4.18 Å². The van der Waals surface area contributed by atoms with Gasteiger partial charge in [0.2, 0.25) is 0 Å². The van der Waals surface area contributed by atoms with E-state index in [1.165, 1.54) is 12.1 Å². The molecular weight excluding hydrogens is 461 g/mol. The zero-order chi connectivity index (χ0) is 20.9. The number of hydrogen-bond donors (Lipinski definition) is 0. The number of carbonyl (C=O) groups excluding carboxylic acids is 1. The lowest BCUT2D eigenvalue weighted by Crippen LogP contribution is -2.25. The number of carbonyl (C=O) groups is 1. The highest BCUT2D eigenvalue weighted by atomic mass is 79.9. The van der Waals surface area contributed by atoms with E-state index in [9.17, 15) is 26.4 Å². The van der Waals surface area contributed by atoms with E-state index in [1.54, 1.807) is 43.3 Å². The summed E-state index contributed by atoms with van der Waals surface area (Å²) < 4.78 is 65.8. The van der Waals surface area contributed by atoms with Crippen molar-refractivity contribution in [1.29, 1.82) is 0 Å². The van der Waals surface area contributed by atoms with Gasteiger partial charge in [-0.15, -0.1) is 0 Å². The maximum Gasteiger partial charge on any atom is 0.534 e. The third-order valence-corrected chi connectivity index (χ3v) is 4.94. The van der Waals surface area contributed by atoms with Crippen molar-refractivity contribution >= 4 is 37.6 Å². The Balaban J connectivity index is 2.33. The summed E-state index contributed by atoms with van der Waals surface area (Å²) in [5.41, 5.74) is -4.29. The third kappa shape index (κ3) is 5.80. The van der Waals surface area contributed by atoms with Crippen molar-refractivity contribution in [3.05, 3.63) is 87.9 Å². The van der Waals surface area contributed by atoms with Gasteiger partial charge in [0, 0.05) is 15.6 Å². The lowest BCUT2D eigenvalue weighted by Gasteiger charge is -2.12. The van der Waals surface area contributed by atoms with Crippen molar-refractivity contribution in [2.75, 3.05) is 0 Å². The molecule has 0 saturated carbocycles. The minimum atomic E-state index is -5.86. The first-order chi connectivity index (χ1) is 13.0. The molecule has 0 bridgehead atoms. The van der Waals surface area contributed by atoms with Crippen LogP contribution in [0.2, 0.25) is 0 Å². The van der Waals surface area contributed by atoms with Crippen LogP contribution in [0.3, 0.4) is 0 Å². The van der Waals surface area contributed by atoms with Gasteiger partial charge in [-0.3, -0.25) is 4.79 Å². The van der Waals surface area contributed by atoms with Gasteiger partial charge in [-0.2, -0.15) is 21.6 Å². The molecule has 0 unspecified atom stereocenters. The SMILES string of the molecule is Cc1ccc(/C(=C/C=C/C(=O)c2ccc(Br)cc2)OS(=O)(=O)C(F)(F)F)cc1. The summed E-state index contributed by atoms with van der Waals surface area (Å²) in [7, 11) is -5.86. The molecule has 0 aliphatic carbocycles. The molecule has 9 heteroatoms. The number of aryl methyl sites for hydroxylation is 1. The van der Waals surface area contributed by atoms with Crippen LogP contribution < -0.4 is 0 Å². The summed E-state index contributed by atoms with van der Waals surface area (Å²) in [6, 6.07) is 12.4. The molecule has 2 aromatic carbocycles. The van der Waals surface area contributed by atoms with Crippen LogP contribution in [0.5, 0.6) is 0 Å². The standard InChI is InChI=1S/C19H14BrF3O4S/c1-13-5-7-15(8-6-13)18(27-28(25,26)19(21,22)23)4-2-3-17(24)14-9-11-16(20)12-10-14/h2-12H,1H3/b3-2+,18-4-. The van der Waals surface area contributed by atoms with Gasteiger partial charge in [-0.05, 0) is 43.3 Å². The maximum absolute atomic E-state index is 12.7. The van der Waals surface area contributed by atoms with Gasteiger partial charge in [-0.25, -0.2) is 0 Å². The fourth-order valence-electron chi connectivity index (χ4n) is 1.99. The van der Waals surface area contributed by atoms with Crippen LogP contribution in [0.15, 0.2) is 71.2 Å². The Morgan fingerprint density at radius 2 is 1.54 bits per heavy atom. The van der Waals surface area contributed by atoms with Crippen molar-refractivity contribution in [1.82, 2.24) is 0 Å². The summed E-state index contributed by atoms with van der Waals surface area (Å²) in [4.78, 5) is 12.1. The van der Waals surface area contributed by atoms with Crippen molar-refractivity contribution in [2.45, 2.75) is 12.4 Å². The van der Waals surface area contributed by atoms with Gasteiger partial charge in [-0.1, -0.05) is 51.8 Å². The van der Waals surface area contributed by atoms with Crippen LogP contribution in [0.4, 0.5) is 13.2 Å². The molecule has 0 aliphatic rings. The number of hydrogen-bond acceptors (Lipinski definition) is 4. The number of benzene rings is 2. The summed E-state index contributed by atoms with van der Waals surface area (Å²) in [6.45, 7) is 1.76. The molecule has 0 radical (unpaired) electrons. The average molecular weight is 475 g/mol. The van der Waals surface area contributed by atoms with Gasteiger partial charge >= 0.3 is 15.6 Å². The van der Waals surface area contributed by atoms with E-state index < -0.39 is 27.2 Å². The molecule has 0 amide bonds. The predicted molar refractivity (Wildman–Crippen MR) is 103 cm³/mol. The number of allylic oxidation sites excluding steroid dienone is 3. The molecule has 0 aliphatic heterocycles. The van der Waals surface area contributed by atoms with Gasteiger partial charge in [0.05, 0.1) is 0 Å². The number of halogens is 4. The molecule has 4 nitrogen and oxygen atoms in total. The first-order valence-electron chi connectivity index (χ1n) is 7.76. The third-order valence-electron chi connectivity index (χ3n) is 3.44. The fraction of sp³-hybridized carbons (Fsp3) is 0.105. The van der Waals surface area contributed by atoms with Crippen molar-refractivity contribution in [2.24, 2.45) is 0 Å². The van der Waals surface area contributed by atoms with Crippen molar-refractivity contribution in [3.8, 4) is 0 Å². The van der Waals surface area contributed by atoms with E-state index >= 15 is 0 Å². The highest BCUT2D eigenvalue weighted by Crippen LogP contribution is 2.30. The van der Waals surface area contributed by atoms with Gasteiger partial charge in [0.25, 0.3) is 0 Å². The van der Waals surface area contributed by atoms with E-state index in [0.717, 1.165) is 28.3 Å². The lowest BCUT2D eigenvalue weighted by molar-refractivity contribution is -0.0509. The summed E-state index contributed by atoms with van der Waals surface area (Å²) in [5, 5.41) is 0. The maximum atomic E-state index is 12.7. The minimum absolute atomic E-state index is 0.110. The fourth-order valence-corrected chi connectivity index (χ4v) is 2.74. The quantitative estimate of drug-likeness (QED) is 0.140. The zero-order valence-corrected chi connectivity index (χ0v) is 16.8. The molecule has 0 spiro atoms. The van der Waals surface area contributed by atoms with E-state index in [-0.39, 0.29) is 5.56 Å². The monoisotopic (exact) mass is 474 g/mol. The van der Waals surface area contributed by atoms with E-state index in [2.05, 4.69) is 20.1 Å². The van der Waals surface area contributed by atoms with Gasteiger partial charge in [0.1, 0.15) is 5.76 Å². The van der Waals surface area contributed by atoms with Gasteiger partial charge in [0.15, 0.2) is 5.78 Å². The van der Waals surface area contributed by atoms with E-state index in [1.807, 2.05) is 0 Å². The predicted octanol–water partition coefficient (Wildman–Crippen LogP) is 5.40. The smallest absolute Gasteiger partial charge is 0.375 e. The topological polar surface area (TPSA) is 60.4 Å². The Hall–Kier alpha value is -2.39. The normalized spacial score (nSPS) is 13.0. The molecule has 2 rings (SSSR count).